The van der Waals surface area contributed by atoms with Crippen LogP contribution in [0.1, 0.15) is 47.9 Å². The number of nitrogens with zero attached hydrogens (tertiary/aromatic N) is 4. The number of carbonyl (C=O) groups excluding carboxylic acids is 1. The van der Waals surface area contributed by atoms with Crippen LogP contribution in [0, 0.1) is 5.82 Å². The van der Waals surface area contributed by atoms with Crippen LogP contribution >= 0.6 is 0 Å². The summed E-state index contributed by atoms with van der Waals surface area (Å²) in [6.07, 6.45) is 1.93. The molecule has 1 aliphatic heterocycles. The molecule has 0 radical (unpaired) electrons. The largest absolute Gasteiger partial charge is 0.369 e. The summed E-state index contributed by atoms with van der Waals surface area (Å²) in [4.78, 5) is 17.0. The van der Waals surface area contributed by atoms with Gasteiger partial charge in [-0.1, -0.05) is 6.07 Å². The molecule has 1 aliphatic carbocycles. The van der Waals surface area contributed by atoms with Crippen LogP contribution in [0.15, 0.2) is 35.5 Å². The zero-order valence-electron chi connectivity index (χ0n) is 17.0. The van der Waals surface area contributed by atoms with Crippen molar-refractivity contribution < 1.29 is 22.2 Å². The minimum Gasteiger partial charge on any atom is -0.369 e. The summed E-state index contributed by atoms with van der Waals surface area (Å²) in [5.41, 5.74) is 5.27. The summed E-state index contributed by atoms with van der Waals surface area (Å²) >= 11 is 0. The molecule has 2 aromatic rings. The average molecular weight is 453 g/mol. The fraction of sp³-hybridized carbons (Fsp3) is 0.400. The minimum atomic E-state index is -2.87. The molecule has 166 valence electrons. The highest BCUT2D eigenvalue weighted by atomic mass is 32.2. The molecule has 2 atom stereocenters. The van der Waals surface area contributed by atoms with E-state index in [0.29, 0.717) is 23.1 Å². The number of alkyl halides is 2. The summed E-state index contributed by atoms with van der Waals surface area (Å²) in [7, 11) is -1.32. The van der Waals surface area contributed by atoms with Gasteiger partial charge in [0.1, 0.15) is 17.1 Å². The molecule has 1 fully saturated rings. The Balaban J connectivity index is 1.72. The number of hydrogen-bond donors (Lipinski definition) is 1. The zero-order valence-corrected chi connectivity index (χ0v) is 17.8. The average Bonchev–Trinajstić information content (AvgIpc) is 3.38. The van der Waals surface area contributed by atoms with E-state index in [1.165, 1.54) is 28.6 Å². The van der Waals surface area contributed by atoms with Gasteiger partial charge in [0.05, 0.1) is 14.5 Å². The smallest absolute Gasteiger partial charge is 0.333 e. The second-order valence-electron chi connectivity index (χ2n) is 8.05. The van der Waals surface area contributed by atoms with Crippen LogP contribution in [0.5, 0.6) is 0 Å². The second-order valence-corrected chi connectivity index (χ2v) is 10.7. The van der Waals surface area contributed by atoms with E-state index in [2.05, 4.69) is 16.0 Å². The number of carbonyl (C=O) groups is 1. The molecule has 0 amide bonds. The second kappa shape index (κ2) is 6.84. The third-order valence-electron chi connectivity index (χ3n) is 6.32. The third-order valence-corrected chi connectivity index (χ3v) is 9.42. The molecule has 2 heterocycles. The molecular weight excluding hydrogens is 431 g/mol. The van der Waals surface area contributed by atoms with Crippen molar-refractivity contribution in [2.45, 2.75) is 43.0 Å². The molecule has 1 saturated carbocycles. The lowest BCUT2D eigenvalue weighted by molar-refractivity contribution is 0.0560. The van der Waals surface area contributed by atoms with Gasteiger partial charge in [-0.15, -0.1) is 0 Å². The number of ketones is 1. The predicted octanol–water partition coefficient (Wildman–Crippen LogP) is 2.48. The van der Waals surface area contributed by atoms with Gasteiger partial charge in [0.2, 0.25) is 5.96 Å². The lowest BCUT2D eigenvalue weighted by Crippen LogP contribution is -2.58. The molecule has 2 aliphatic rings. The molecule has 4 rings (SSSR count). The highest BCUT2D eigenvalue weighted by molar-refractivity contribution is 8.00. The number of aliphatic imine (C=N–C) groups is 1. The van der Waals surface area contributed by atoms with Gasteiger partial charge in [-0.3, -0.25) is 9.10 Å². The number of halogens is 3. The molecule has 11 heteroatoms. The molecule has 7 nitrogen and oxygen atoms in total. The van der Waals surface area contributed by atoms with E-state index in [4.69, 9.17) is 5.73 Å². The maximum atomic E-state index is 15.0. The highest BCUT2D eigenvalue weighted by Crippen LogP contribution is 2.60. The van der Waals surface area contributed by atoms with Crippen LogP contribution in [0.25, 0.3) is 0 Å². The number of nitrogens with two attached hydrogens (primary N) is 1. The Hall–Kier alpha value is -2.82. The van der Waals surface area contributed by atoms with E-state index in [1.54, 1.807) is 14.0 Å². The van der Waals surface area contributed by atoms with Crippen molar-refractivity contribution in [2.24, 2.45) is 10.7 Å². The van der Waals surface area contributed by atoms with E-state index >= 15 is 0 Å². The quantitative estimate of drug-likeness (QED) is 0.556. The first kappa shape index (κ1) is 21.4. The van der Waals surface area contributed by atoms with Gasteiger partial charge < -0.3 is 5.73 Å². The summed E-state index contributed by atoms with van der Waals surface area (Å²) in [6, 6.07) is 5.35. The standard InChI is InChI=1S/C20H22F3N5O2S/c1-19(20(7-8-20)31(3,30)27(2)18(24)25-19)13-10-12(4-5-14(13)21)11-16(29)15-6-9-28(26-15)17(22)23/h4-6,9-10,17H,3,7-8,11H2,1-2H3,(H2,24,25)/t19-,31?/m1/s1. The Kier molecular flexibility index (Phi) is 4.73. The first-order valence-corrected chi connectivity index (χ1v) is 11.2. The molecule has 0 bridgehead atoms. The number of benzene rings is 1. The number of guanidine groups is 1. The van der Waals surface area contributed by atoms with Gasteiger partial charge in [-0.05, 0) is 49.4 Å². The monoisotopic (exact) mass is 453 g/mol. The number of rotatable bonds is 5. The Morgan fingerprint density at radius 3 is 2.61 bits per heavy atom. The number of Topliss-reactive ketones (excluding diaryl/α,β-unsaturated/α-hetero) is 1. The van der Waals surface area contributed by atoms with Crippen molar-refractivity contribution in [3.05, 3.63) is 53.1 Å². The van der Waals surface area contributed by atoms with Crippen molar-refractivity contribution in [1.82, 2.24) is 14.1 Å². The van der Waals surface area contributed by atoms with E-state index < -0.39 is 38.1 Å². The number of aromatic nitrogens is 2. The molecule has 1 aromatic carbocycles. The third kappa shape index (κ3) is 3.05. The van der Waals surface area contributed by atoms with Gasteiger partial charge in [-0.2, -0.15) is 13.9 Å². The fourth-order valence-corrected chi connectivity index (χ4v) is 6.66. The van der Waals surface area contributed by atoms with Gasteiger partial charge in [0.25, 0.3) is 0 Å². The molecule has 1 spiro atoms. The predicted molar refractivity (Wildman–Crippen MR) is 112 cm³/mol. The van der Waals surface area contributed by atoms with Crippen LogP contribution < -0.4 is 5.73 Å². The summed E-state index contributed by atoms with van der Waals surface area (Å²) in [6.45, 7) is -1.17. The maximum Gasteiger partial charge on any atom is 0.333 e. The normalized spacial score (nSPS) is 26.9. The number of hydrogen-bond acceptors (Lipinski definition) is 5. The fourth-order valence-electron chi connectivity index (χ4n) is 4.28. The van der Waals surface area contributed by atoms with Crippen LogP contribution in [0.2, 0.25) is 0 Å². The van der Waals surface area contributed by atoms with Crippen molar-refractivity contribution in [2.75, 3.05) is 7.05 Å². The maximum absolute atomic E-state index is 15.0. The first-order valence-electron chi connectivity index (χ1n) is 9.54. The molecule has 2 N–H and O–H groups in total. The molecule has 1 aromatic heterocycles. The van der Waals surface area contributed by atoms with Crippen LogP contribution in [0.3, 0.4) is 0 Å². The first-order chi connectivity index (χ1) is 14.4. The Morgan fingerprint density at radius 1 is 1.35 bits per heavy atom. The Morgan fingerprint density at radius 2 is 2.03 bits per heavy atom. The topological polar surface area (TPSA) is 93.6 Å². The van der Waals surface area contributed by atoms with Crippen molar-refractivity contribution in [1.29, 1.82) is 0 Å². The van der Waals surface area contributed by atoms with Crippen molar-refractivity contribution >= 4 is 27.3 Å². The summed E-state index contributed by atoms with van der Waals surface area (Å²) in [5.74, 6) is 2.84. The van der Waals surface area contributed by atoms with E-state index in [-0.39, 0.29) is 23.6 Å². The van der Waals surface area contributed by atoms with Crippen molar-refractivity contribution in [3.8, 4) is 0 Å². The van der Waals surface area contributed by atoms with Gasteiger partial charge in [0, 0.05) is 25.2 Å². The van der Waals surface area contributed by atoms with Crippen LogP contribution in [-0.4, -0.2) is 47.7 Å². The molecule has 0 saturated heterocycles. The van der Waals surface area contributed by atoms with Crippen LogP contribution in [0.4, 0.5) is 13.2 Å². The van der Waals surface area contributed by atoms with E-state index in [1.807, 2.05) is 0 Å². The summed E-state index contributed by atoms with van der Waals surface area (Å²) in [5, 5.41) is 3.57. The van der Waals surface area contributed by atoms with Gasteiger partial charge in [0.15, 0.2) is 5.78 Å². The molecule has 31 heavy (non-hydrogen) atoms. The lowest BCUT2D eigenvalue weighted by Gasteiger charge is -2.45. The van der Waals surface area contributed by atoms with E-state index in [9.17, 15) is 22.2 Å². The van der Waals surface area contributed by atoms with Crippen molar-refractivity contribution in [3.63, 3.8) is 0 Å². The zero-order chi connectivity index (χ0) is 22.8. The Bertz CT molecular complexity index is 1200. The van der Waals surface area contributed by atoms with Crippen LogP contribution in [-0.2, 0) is 21.7 Å². The summed E-state index contributed by atoms with van der Waals surface area (Å²) < 4.78 is 54.7. The SMILES string of the molecule is C=S1(=O)N(C)C(N)=N[C@](C)(c2cc(CC(=O)c3ccn(C(F)F)n3)ccc2F)C12CC2. The Labute approximate surface area is 177 Å². The van der Waals surface area contributed by atoms with Gasteiger partial charge >= 0.3 is 6.55 Å². The van der Waals surface area contributed by atoms with E-state index in [0.717, 1.165) is 6.20 Å². The molecular formula is C20H22F3N5O2S. The lowest BCUT2D eigenvalue weighted by atomic mass is 9.85. The molecule has 1 unspecified atom stereocenters. The van der Waals surface area contributed by atoms with Gasteiger partial charge in [-0.25, -0.2) is 18.3 Å². The highest BCUT2D eigenvalue weighted by Gasteiger charge is 2.67. The minimum absolute atomic E-state index is 0.00144.